The lowest BCUT2D eigenvalue weighted by Crippen LogP contribution is -2.19. The Morgan fingerprint density at radius 3 is 2.56 bits per heavy atom. The molecule has 1 aromatic carbocycles. The Bertz CT molecular complexity index is 447. The van der Waals surface area contributed by atoms with E-state index in [4.69, 9.17) is 11.6 Å². The predicted molar refractivity (Wildman–Crippen MR) is 74.1 cm³/mol. The van der Waals surface area contributed by atoms with Crippen molar-refractivity contribution in [1.29, 1.82) is 0 Å². The van der Waals surface area contributed by atoms with Crippen molar-refractivity contribution in [3.8, 4) is 0 Å². The topological polar surface area (TPSA) is 41.5 Å². The molecule has 1 fully saturated rings. The maximum atomic E-state index is 11.8. The number of carbonyl (C=O) groups excluding carboxylic acids is 1. The SMILES string of the molecule is O=C(NN=C1CCCCCC1)c1cccc(Cl)c1. The average molecular weight is 265 g/mol. The molecule has 0 heterocycles. The number of halogens is 1. The summed E-state index contributed by atoms with van der Waals surface area (Å²) >= 11 is 5.84. The number of hydrazone groups is 1. The third-order valence-corrected chi connectivity index (χ3v) is 3.32. The molecule has 18 heavy (non-hydrogen) atoms. The van der Waals surface area contributed by atoms with Crippen LogP contribution in [0.2, 0.25) is 5.02 Å². The van der Waals surface area contributed by atoms with E-state index in [9.17, 15) is 4.79 Å². The fourth-order valence-electron chi connectivity index (χ4n) is 2.07. The van der Waals surface area contributed by atoms with Gasteiger partial charge in [-0.2, -0.15) is 5.10 Å². The molecule has 0 radical (unpaired) electrons. The average Bonchev–Trinajstić information content (AvgIpc) is 2.64. The van der Waals surface area contributed by atoms with Crippen molar-refractivity contribution < 1.29 is 4.79 Å². The van der Waals surface area contributed by atoms with E-state index in [2.05, 4.69) is 10.5 Å². The van der Waals surface area contributed by atoms with Crippen LogP contribution in [0.3, 0.4) is 0 Å². The van der Waals surface area contributed by atoms with Gasteiger partial charge in [-0.25, -0.2) is 5.43 Å². The zero-order chi connectivity index (χ0) is 12.8. The third-order valence-electron chi connectivity index (χ3n) is 3.08. The Hall–Kier alpha value is -1.35. The molecule has 0 unspecified atom stereocenters. The number of benzene rings is 1. The molecule has 0 bridgehead atoms. The summed E-state index contributed by atoms with van der Waals surface area (Å²) in [6.07, 6.45) is 6.87. The molecule has 0 saturated heterocycles. The van der Waals surface area contributed by atoms with Gasteiger partial charge in [-0.05, 0) is 43.9 Å². The van der Waals surface area contributed by atoms with Crippen LogP contribution in [0, 0.1) is 0 Å². The molecule has 1 amide bonds. The first-order valence-corrected chi connectivity index (χ1v) is 6.75. The maximum absolute atomic E-state index is 11.8. The van der Waals surface area contributed by atoms with E-state index >= 15 is 0 Å². The van der Waals surface area contributed by atoms with Crippen LogP contribution in [0.4, 0.5) is 0 Å². The highest BCUT2D eigenvalue weighted by Gasteiger charge is 2.08. The summed E-state index contributed by atoms with van der Waals surface area (Å²) in [6, 6.07) is 6.88. The van der Waals surface area contributed by atoms with Gasteiger partial charge in [0.2, 0.25) is 0 Å². The van der Waals surface area contributed by atoms with Crippen LogP contribution < -0.4 is 5.43 Å². The number of nitrogens with zero attached hydrogens (tertiary/aromatic N) is 1. The molecule has 0 atom stereocenters. The van der Waals surface area contributed by atoms with E-state index in [1.807, 2.05) is 0 Å². The van der Waals surface area contributed by atoms with Gasteiger partial charge in [0.1, 0.15) is 0 Å². The van der Waals surface area contributed by atoms with Crippen molar-refractivity contribution in [2.24, 2.45) is 5.10 Å². The van der Waals surface area contributed by atoms with E-state index < -0.39 is 0 Å². The lowest BCUT2D eigenvalue weighted by atomic mass is 10.2. The molecule has 1 saturated carbocycles. The third kappa shape index (κ3) is 3.84. The number of hydrogen-bond acceptors (Lipinski definition) is 2. The molecular formula is C14H17ClN2O. The van der Waals surface area contributed by atoms with Gasteiger partial charge >= 0.3 is 0 Å². The van der Waals surface area contributed by atoms with Gasteiger partial charge < -0.3 is 0 Å². The van der Waals surface area contributed by atoms with Crippen LogP contribution in [-0.2, 0) is 0 Å². The van der Waals surface area contributed by atoms with Gasteiger partial charge in [0.25, 0.3) is 5.91 Å². The second-order valence-corrected chi connectivity index (χ2v) is 4.98. The fraction of sp³-hybridized carbons (Fsp3) is 0.429. The number of rotatable bonds is 2. The number of hydrogen-bond donors (Lipinski definition) is 1. The number of amides is 1. The molecule has 1 N–H and O–H groups in total. The number of carbonyl (C=O) groups is 1. The fourth-order valence-corrected chi connectivity index (χ4v) is 2.26. The zero-order valence-corrected chi connectivity index (χ0v) is 11.0. The quantitative estimate of drug-likeness (QED) is 0.641. The molecular weight excluding hydrogens is 248 g/mol. The summed E-state index contributed by atoms with van der Waals surface area (Å²) in [4.78, 5) is 11.8. The first kappa shape index (κ1) is 13.1. The van der Waals surface area contributed by atoms with Crippen LogP contribution in [-0.4, -0.2) is 11.6 Å². The second-order valence-electron chi connectivity index (χ2n) is 4.54. The minimum absolute atomic E-state index is 0.200. The van der Waals surface area contributed by atoms with Crippen molar-refractivity contribution >= 4 is 23.2 Å². The van der Waals surface area contributed by atoms with Gasteiger partial charge in [-0.1, -0.05) is 30.5 Å². The highest BCUT2D eigenvalue weighted by Crippen LogP contribution is 2.15. The summed E-state index contributed by atoms with van der Waals surface area (Å²) in [5.41, 5.74) is 4.26. The van der Waals surface area contributed by atoms with E-state index in [-0.39, 0.29) is 5.91 Å². The molecule has 1 aliphatic rings. The van der Waals surface area contributed by atoms with Gasteiger partial charge in [0.05, 0.1) is 0 Å². The van der Waals surface area contributed by atoms with E-state index in [1.54, 1.807) is 24.3 Å². The summed E-state index contributed by atoms with van der Waals surface area (Å²) in [5.74, 6) is -0.200. The molecule has 0 aliphatic heterocycles. The van der Waals surface area contributed by atoms with Crippen molar-refractivity contribution in [2.75, 3.05) is 0 Å². The molecule has 3 nitrogen and oxygen atoms in total. The Kier molecular flexibility index (Phi) is 4.76. The molecule has 4 heteroatoms. The number of nitrogens with one attached hydrogen (secondary N) is 1. The highest BCUT2D eigenvalue weighted by atomic mass is 35.5. The standard InChI is InChI=1S/C14H17ClN2O/c15-12-7-5-6-11(10-12)14(18)17-16-13-8-3-1-2-4-9-13/h5-7,10H,1-4,8-9H2,(H,17,18). The van der Waals surface area contributed by atoms with Gasteiger partial charge in [-0.15, -0.1) is 0 Å². The van der Waals surface area contributed by atoms with Crippen molar-refractivity contribution in [3.05, 3.63) is 34.9 Å². The minimum atomic E-state index is -0.200. The predicted octanol–water partition coefficient (Wildman–Crippen LogP) is 3.78. The van der Waals surface area contributed by atoms with Crippen LogP contribution in [0.15, 0.2) is 29.4 Å². The Balaban J connectivity index is 1.96. The molecule has 1 aromatic rings. The first-order valence-electron chi connectivity index (χ1n) is 6.37. The Labute approximate surface area is 112 Å². The lowest BCUT2D eigenvalue weighted by molar-refractivity contribution is 0.0954. The van der Waals surface area contributed by atoms with Crippen LogP contribution in [0.1, 0.15) is 48.9 Å². The summed E-state index contributed by atoms with van der Waals surface area (Å²) in [6.45, 7) is 0. The van der Waals surface area contributed by atoms with Gasteiger partial charge in [0.15, 0.2) is 0 Å². The van der Waals surface area contributed by atoms with Crippen LogP contribution in [0.5, 0.6) is 0 Å². The first-order chi connectivity index (χ1) is 8.75. The van der Waals surface area contributed by atoms with Crippen molar-refractivity contribution in [1.82, 2.24) is 5.43 Å². The molecule has 96 valence electrons. The normalized spacial score (nSPS) is 15.9. The van der Waals surface area contributed by atoms with Crippen LogP contribution in [0.25, 0.3) is 0 Å². The van der Waals surface area contributed by atoms with Crippen LogP contribution >= 0.6 is 11.6 Å². The van der Waals surface area contributed by atoms with Gasteiger partial charge in [-0.3, -0.25) is 4.79 Å². The largest absolute Gasteiger partial charge is 0.271 e. The zero-order valence-electron chi connectivity index (χ0n) is 10.3. The smallest absolute Gasteiger partial charge is 0.267 e. The van der Waals surface area contributed by atoms with Crippen molar-refractivity contribution in [2.45, 2.75) is 38.5 Å². The lowest BCUT2D eigenvalue weighted by Gasteiger charge is -2.04. The Morgan fingerprint density at radius 2 is 1.89 bits per heavy atom. The van der Waals surface area contributed by atoms with Crippen molar-refractivity contribution in [3.63, 3.8) is 0 Å². The Morgan fingerprint density at radius 1 is 1.17 bits per heavy atom. The van der Waals surface area contributed by atoms with Gasteiger partial charge in [0, 0.05) is 16.3 Å². The molecule has 1 aliphatic carbocycles. The summed E-state index contributed by atoms with van der Waals surface area (Å²) in [5, 5.41) is 4.78. The summed E-state index contributed by atoms with van der Waals surface area (Å²) < 4.78 is 0. The molecule has 0 spiro atoms. The molecule has 2 rings (SSSR count). The van der Waals surface area contributed by atoms with E-state index in [1.165, 1.54) is 25.7 Å². The highest BCUT2D eigenvalue weighted by molar-refractivity contribution is 6.30. The molecule has 0 aromatic heterocycles. The second kappa shape index (κ2) is 6.55. The maximum Gasteiger partial charge on any atom is 0.271 e. The minimum Gasteiger partial charge on any atom is -0.267 e. The van der Waals surface area contributed by atoms with E-state index in [0.717, 1.165) is 18.6 Å². The monoisotopic (exact) mass is 264 g/mol. The van der Waals surface area contributed by atoms with E-state index in [0.29, 0.717) is 10.6 Å². The summed E-state index contributed by atoms with van der Waals surface area (Å²) in [7, 11) is 0.